The number of amides is 2. The minimum absolute atomic E-state index is 0.117. The Labute approximate surface area is 171 Å². The van der Waals surface area contributed by atoms with E-state index >= 15 is 0 Å². The van der Waals surface area contributed by atoms with Crippen molar-refractivity contribution < 1.29 is 19.5 Å². The molecule has 0 aromatic heterocycles. The number of benzene rings is 2. The molecule has 1 fully saturated rings. The van der Waals surface area contributed by atoms with Gasteiger partial charge < -0.3 is 14.9 Å². The molecule has 0 saturated carbocycles. The normalized spacial score (nSPS) is 17.0. The van der Waals surface area contributed by atoms with E-state index < -0.39 is 5.97 Å². The number of carbonyl (C=O) groups is 3. The molecule has 29 heavy (non-hydrogen) atoms. The summed E-state index contributed by atoms with van der Waals surface area (Å²) in [6.45, 7) is 2.34. The van der Waals surface area contributed by atoms with E-state index in [4.69, 9.17) is 5.11 Å². The van der Waals surface area contributed by atoms with Gasteiger partial charge >= 0.3 is 5.97 Å². The molecule has 6 nitrogen and oxygen atoms in total. The predicted molar refractivity (Wildman–Crippen MR) is 112 cm³/mol. The molecule has 1 atom stereocenters. The molecule has 1 aliphatic rings. The number of likely N-dealkylation sites (tertiary alicyclic amines) is 1. The molecule has 1 saturated heterocycles. The number of nitrogens with zero attached hydrogens (tertiary/aromatic N) is 2. The van der Waals surface area contributed by atoms with Crippen molar-refractivity contribution in [3.8, 4) is 0 Å². The third-order valence-electron chi connectivity index (χ3n) is 5.64. The summed E-state index contributed by atoms with van der Waals surface area (Å²) in [4.78, 5) is 38.9. The maximum atomic E-state index is 12.7. The van der Waals surface area contributed by atoms with Crippen LogP contribution in [0, 0.1) is 0 Å². The lowest BCUT2D eigenvalue weighted by Gasteiger charge is -2.28. The van der Waals surface area contributed by atoms with Gasteiger partial charge in [0.15, 0.2) is 0 Å². The average Bonchev–Trinajstić information content (AvgIpc) is 2.96. The molecule has 2 amide bonds. The molecule has 2 aromatic carbocycles. The van der Waals surface area contributed by atoms with Crippen LogP contribution in [0.15, 0.2) is 42.5 Å². The Bertz CT molecular complexity index is 895. The van der Waals surface area contributed by atoms with Crippen LogP contribution in [-0.2, 0) is 20.8 Å². The fourth-order valence-electron chi connectivity index (χ4n) is 4.09. The van der Waals surface area contributed by atoms with Crippen LogP contribution in [0.2, 0.25) is 0 Å². The number of rotatable bonds is 6. The summed E-state index contributed by atoms with van der Waals surface area (Å²) in [6, 6.07) is 14.4. The van der Waals surface area contributed by atoms with Gasteiger partial charge in [0.1, 0.15) is 6.54 Å². The Morgan fingerprint density at radius 1 is 1.07 bits per heavy atom. The first-order valence-corrected chi connectivity index (χ1v) is 10.2. The van der Waals surface area contributed by atoms with Crippen LogP contribution < -0.4 is 0 Å². The molecule has 0 aliphatic carbocycles. The highest BCUT2D eigenvalue weighted by atomic mass is 16.4. The highest BCUT2D eigenvalue weighted by molar-refractivity contribution is 5.83. The van der Waals surface area contributed by atoms with Gasteiger partial charge in [0.05, 0.1) is 0 Å². The number of aryl methyl sites for hydroxylation is 1. The van der Waals surface area contributed by atoms with E-state index in [1.807, 2.05) is 17.0 Å². The molecule has 3 rings (SSSR count). The number of carboxylic acid groups (broad SMARTS) is 1. The summed E-state index contributed by atoms with van der Waals surface area (Å²) in [5.41, 5.74) is 1.15. The first kappa shape index (κ1) is 20.8. The van der Waals surface area contributed by atoms with Crippen molar-refractivity contribution in [2.75, 3.05) is 19.6 Å². The highest BCUT2D eigenvalue weighted by Crippen LogP contribution is 2.20. The minimum Gasteiger partial charge on any atom is -0.480 e. The van der Waals surface area contributed by atoms with Crippen LogP contribution in [0.1, 0.15) is 38.2 Å². The van der Waals surface area contributed by atoms with Gasteiger partial charge in [-0.15, -0.1) is 0 Å². The summed E-state index contributed by atoms with van der Waals surface area (Å²) in [5.74, 6) is -1.12. The van der Waals surface area contributed by atoms with Gasteiger partial charge in [-0.3, -0.25) is 14.4 Å². The van der Waals surface area contributed by atoms with Crippen molar-refractivity contribution in [2.45, 2.75) is 45.1 Å². The monoisotopic (exact) mass is 396 g/mol. The SMILES string of the molecule is CC(=O)N(CC(=O)O)C1CCCN(C(=O)CCc2ccc3ccccc3c2)CC1. The Hall–Kier alpha value is -2.89. The molecule has 6 heteroatoms. The summed E-state index contributed by atoms with van der Waals surface area (Å²) >= 11 is 0. The second-order valence-corrected chi connectivity index (χ2v) is 7.69. The number of aliphatic carboxylic acids is 1. The van der Waals surface area contributed by atoms with Gasteiger partial charge in [-0.05, 0) is 42.0 Å². The molecular weight excluding hydrogens is 368 g/mol. The van der Waals surface area contributed by atoms with E-state index in [1.54, 1.807) is 0 Å². The van der Waals surface area contributed by atoms with Crippen molar-refractivity contribution in [3.63, 3.8) is 0 Å². The Morgan fingerprint density at radius 2 is 1.83 bits per heavy atom. The first-order chi connectivity index (χ1) is 13.9. The van der Waals surface area contributed by atoms with Crippen LogP contribution in [-0.4, -0.2) is 58.4 Å². The topological polar surface area (TPSA) is 77.9 Å². The maximum Gasteiger partial charge on any atom is 0.323 e. The van der Waals surface area contributed by atoms with E-state index in [0.29, 0.717) is 32.4 Å². The standard InChI is InChI=1S/C23H28N2O4/c1-17(26)25(16-23(28)29)21-7-4-13-24(14-12-21)22(27)11-9-18-8-10-19-5-2-3-6-20(19)15-18/h2-3,5-6,8,10,15,21H,4,7,9,11-14,16H2,1H3,(H,28,29). The van der Waals surface area contributed by atoms with Gasteiger partial charge in [0, 0.05) is 32.5 Å². The van der Waals surface area contributed by atoms with E-state index in [0.717, 1.165) is 18.4 Å². The lowest BCUT2D eigenvalue weighted by molar-refractivity contribution is -0.145. The second kappa shape index (κ2) is 9.54. The minimum atomic E-state index is -1.01. The van der Waals surface area contributed by atoms with Crippen molar-refractivity contribution in [1.82, 2.24) is 9.80 Å². The largest absolute Gasteiger partial charge is 0.480 e. The molecule has 1 unspecified atom stereocenters. The van der Waals surface area contributed by atoms with Crippen LogP contribution in [0.3, 0.4) is 0 Å². The van der Waals surface area contributed by atoms with Crippen LogP contribution in [0.25, 0.3) is 10.8 Å². The fraction of sp³-hybridized carbons (Fsp3) is 0.435. The van der Waals surface area contributed by atoms with Gasteiger partial charge in [0.2, 0.25) is 11.8 Å². The Morgan fingerprint density at radius 3 is 2.55 bits per heavy atom. The quantitative estimate of drug-likeness (QED) is 0.814. The zero-order chi connectivity index (χ0) is 20.8. The summed E-state index contributed by atoms with van der Waals surface area (Å²) in [7, 11) is 0. The van der Waals surface area contributed by atoms with Crippen LogP contribution in [0.5, 0.6) is 0 Å². The van der Waals surface area contributed by atoms with Crippen molar-refractivity contribution in [1.29, 1.82) is 0 Å². The molecule has 1 heterocycles. The van der Waals surface area contributed by atoms with E-state index in [1.165, 1.54) is 22.6 Å². The van der Waals surface area contributed by atoms with Gasteiger partial charge in [-0.25, -0.2) is 0 Å². The third kappa shape index (κ3) is 5.56. The molecule has 1 N–H and O–H groups in total. The summed E-state index contributed by atoms with van der Waals surface area (Å²) in [6.07, 6.45) is 3.27. The molecular formula is C23H28N2O4. The fourth-order valence-corrected chi connectivity index (χ4v) is 4.09. The number of carbonyl (C=O) groups excluding carboxylic acids is 2. The second-order valence-electron chi connectivity index (χ2n) is 7.69. The number of carboxylic acids is 1. The van der Waals surface area contributed by atoms with Crippen LogP contribution in [0.4, 0.5) is 0 Å². The lowest BCUT2D eigenvalue weighted by Crippen LogP contribution is -2.43. The Kier molecular flexibility index (Phi) is 6.86. The predicted octanol–water partition coefficient (Wildman–Crippen LogP) is 3.09. The van der Waals surface area contributed by atoms with Gasteiger partial charge in [-0.1, -0.05) is 42.5 Å². The zero-order valence-electron chi connectivity index (χ0n) is 16.8. The zero-order valence-corrected chi connectivity index (χ0v) is 16.8. The van der Waals surface area contributed by atoms with Crippen molar-refractivity contribution in [3.05, 3.63) is 48.0 Å². The smallest absolute Gasteiger partial charge is 0.323 e. The molecule has 0 spiro atoms. The molecule has 0 radical (unpaired) electrons. The molecule has 154 valence electrons. The van der Waals surface area contributed by atoms with E-state index in [9.17, 15) is 14.4 Å². The first-order valence-electron chi connectivity index (χ1n) is 10.2. The van der Waals surface area contributed by atoms with Crippen molar-refractivity contribution >= 4 is 28.6 Å². The number of hydrogen-bond donors (Lipinski definition) is 1. The maximum absolute atomic E-state index is 12.7. The van der Waals surface area contributed by atoms with Crippen molar-refractivity contribution in [2.24, 2.45) is 0 Å². The molecule has 0 bridgehead atoms. The number of fused-ring (bicyclic) bond motifs is 1. The average molecular weight is 396 g/mol. The van der Waals surface area contributed by atoms with Crippen LogP contribution >= 0.6 is 0 Å². The third-order valence-corrected chi connectivity index (χ3v) is 5.64. The molecule has 2 aromatic rings. The van der Waals surface area contributed by atoms with Gasteiger partial charge in [0.25, 0.3) is 0 Å². The summed E-state index contributed by atoms with van der Waals surface area (Å²) < 4.78 is 0. The highest BCUT2D eigenvalue weighted by Gasteiger charge is 2.27. The number of hydrogen-bond acceptors (Lipinski definition) is 3. The lowest BCUT2D eigenvalue weighted by atomic mass is 10.0. The summed E-state index contributed by atoms with van der Waals surface area (Å²) in [5, 5.41) is 11.4. The van der Waals surface area contributed by atoms with E-state index in [2.05, 4.69) is 30.3 Å². The Balaban J connectivity index is 1.55. The van der Waals surface area contributed by atoms with Gasteiger partial charge in [-0.2, -0.15) is 0 Å². The molecule has 1 aliphatic heterocycles. The van der Waals surface area contributed by atoms with E-state index in [-0.39, 0.29) is 24.4 Å².